The van der Waals surface area contributed by atoms with E-state index in [0.717, 1.165) is 0 Å². The Morgan fingerprint density at radius 3 is 1.00 bits per heavy atom. The summed E-state index contributed by atoms with van der Waals surface area (Å²) in [5.41, 5.74) is 0. The van der Waals surface area contributed by atoms with Gasteiger partial charge in [0.1, 0.15) is 0 Å². The van der Waals surface area contributed by atoms with Crippen LogP contribution in [-0.2, 0) is 65.0 Å². The summed E-state index contributed by atoms with van der Waals surface area (Å²) in [5, 5.41) is 0. The Morgan fingerprint density at radius 2 is 1.00 bits per heavy atom. The summed E-state index contributed by atoms with van der Waals surface area (Å²) in [6, 6.07) is 0. The Labute approximate surface area is 75.0 Å². The molecule has 0 aliphatic carbocycles. The second-order valence-electron chi connectivity index (χ2n) is 0. The predicted molar refractivity (Wildman–Crippen MR) is 11.3 cm³/mol. The standard InChI is InChI=1S/Mn.H4Si.Ti.Zr/h;1H4;;. The molecule has 0 saturated carbocycles. The third-order valence-electron chi connectivity index (χ3n) is 0. The van der Waals surface area contributed by atoms with Crippen molar-refractivity contribution in [1.29, 1.82) is 0 Å². The molecule has 0 aromatic rings. The molecule has 4 heteroatoms. The molecule has 0 N–H and O–H groups in total. The van der Waals surface area contributed by atoms with Gasteiger partial charge in [0, 0.05) is 65.0 Å². The molecule has 0 aromatic carbocycles. The third kappa shape index (κ3) is 8.84. The molecule has 0 bridgehead atoms. The minimum absolute atomic E-state index is 0. The van der Waals surface area contributed by atoms with Crippen molar-refractivity contribution < 1.29 is 65.0 Å². The maximum Gasteiger partial charge on any atom is 0 e. The molecule has 0 rings (SSSR count). The second kappa shape index (κ2) is 18.4. The summed E-state index contributed by atoms with van der Waals surface area (Å²) >= 11 is 0. The smallest absolute Gasteiger partial charge is 0 e. The van der Waals surface area contributed by atoms with Gasteiger partial charge in [-0.3, -0.25) is 0 Å². The molecule has 0 amide bonds. The summed E-state index contributed by atoms with van der Waals surface area (Å²) in [4.78, 5) is 0. The number of rotatable bonds is 0. The van der Waals surface area contributed by atoms with Crippen LogP contribution in [0.25, 0.3) is 0 Å². The van der Waals surface area contributed by atoms with Crippen LogP contribution in [-0.4, -0.2) is 11.0 Å². The van der Waals surface area contributed by atoms with Crippen LogP contribution >= 0.6 is 0 Å². The van der Waals surface area contributed by atoms with E-state index in [2.05, 4.69) is 0 Å². The first-order chi connectivity index (χ1) is 0. The van der Waals surface area contributed by atoms with E-state index in [0.29, 0.717) is 0 Å². The monoisotopic (exact) mass is 225 g/mol. The fourth-order valence-electron chi connectivity index (χ4n) is 0. The Bertz CT molecular complexity index is 8.00. The van der Waals surface area contributed by atoms with Gasteiger partial charge in [-0.1, -0.05) is 0 Å². The van der Waals surface area contributed by atoms with Gasteiger partial charge in [0.15, 0.2) is 0 Å². The molecule has 0 saturated heterocycles. The fraction of sp³-hybridized carbons (Fsp3) is 0. The quantitative estimate of drug-likeness (QED) is 0.443. The average molecular weight is 226 g/mol. The first-order valence-corrected chi connectivity index (χ1v) is 0. The van der Waals surface area contributed by atoms with Crippen LogP contribution in [0.1, 0.15) is 0 Å². The van der Waals surface area contributed by atoms with E-state index in [1.807, 2.05) is 0 Å². The zero-order valence-electron chi connectivity index (χ0n) is 1.38. The molecule has 0 unspecified atom stereocenters. The molecule has 23 valence electrons. The maximum absolute atomic E-state index is 0. The van der Waals surface area contributed by atoms with Gasteiger partial charge in [0.05, 0.1) is 0 Å². The minimum Gasteiger partial charge on any atom is -0.0149 e. The normalized spacial score (nSPS) is 0. The van der Waals surface area contributed by atoms with E-state index in [4.69, 9.17) is 0 Å². The van der Waals surface area contributed by atoms with Crippen molar-refractivity contribution >= 4 is 11.0 Å². The van der Waals surface area contributed by atoms with Crippen LogP contribution in [0.2, 0.25) is 0 Å². The molecular weight excluding hydrogens is 222 g/mol. The van der Waals surface area contributed by atoms with Gasteiger partial charge in [-0.15, -0.1) is 0 Å². The summed E-state index contributed by atoms with van der Waals surface area (Å²) in [6.07, 6.45) is 0. The SMILES string of the molecule is [Mn].[SiH4].[Ti].[Zr]. The van der Waals surface area contributed by atoms with E-state index in [1.54, 1.807) is 0 Å². The summed E-state index contributed by atoms with van der Waals surface area (Å²) in [5.74, 6) is 0. The number of hydrogen-bond acceptors (Lipinski definition) is 0. The summed E-state index contributed by atoms with van der Waals surface area (Å²) < 4.78 is 0. The maximum atomic E-state index is 0. The number of hydrogen-bond donors (Lipinski definition) is 0. The molecule has 0 spiro atoms. The molecule has 0 heterocycles. The van der Waals surface area contributed by atoms with Gasteiger partial charge in [0.25, 0.3) is 0 Å². The Kier molecular flexibility index (Phi) is 152. The van der Waals surface area contributed by atoms with Crippen LogP contribution in [0, 0.1) is 0 Å². The van der Waals surface area contributed by atoms with Gasteiger partial charge in [-0.05, 0) is 11.0 Å². The van der Waals surface area contributed by atoms with Crippen molar-refractivity contribution in [3.05, 3.63) is 0 Å². The van der Waals surface area contributed by atoms with Gasteiger partial charge in [0.2, 0.25) is 0 Å². The Morgan fingerprint density at radius 1 is 1.00 bits per heavy atom. The third-order valence-corrected chi connectivity index (χ3v) is 0. The van der Waals surface area contributed by atoms with E-state index >= 15 is 0 Å². The largest absolute Gasteiger partial charge is 0.0149 e. The molecule has 1 radical (unpaired) electrons. The average Bonchev–Trinajstić information content (AvgIpc) is 0. The molecule has 4 heavy (non-hydrogen) atoms. The molecule has 0 nitrogen and oxygen atoms in total. The van der Waals surface area contributed by atoms with Crippen molar-refractivity contribution in [2.24, 2.45) is 0 Å². The summed E-state index contributed by atoms with van der Waals surface area (Å²) in [7, 11) is 0. The van der Waals surface area contributed by atoms with Crippen LogP contribution in [0.3, 0.4) is 0 Å². The van der Waals surface area contributed by atoms with E-state index in [-0.39, 0.29) is 76.0 Å². The predicted octanol–water partition coefficient (Wildman–Crippen LogP) is -1.46. The van der Waals surface area contributed by atoms with Crippen LogP contribution < -0.4 is 0 Å². The van der Waals surface area contributed by atoms with Crippen molar-refractivity contribution in [3.63, 3.8) is 0 Å². The van der Waals surface area contributed by atoms with Gasteiger partial charge < -0.3 is 0 Å². The van der Waals surface area contributed by atoms with Crippen molar-refractivity contribution in [1.82, 2.24) is 0 Å². The van der Waals surface area contributed by atoms with Gasteiger partial charge in [-0.2, -0.15) is 0 Å². The van der Waals surface area contributed by atoms with E-state index < -0.39 is 0 Å². The molecule has 0 atom stereocenters. The molecule has 0 aliphatic heterocycles. The van der Waals surface area contributed by atoms with E-state index in [1.165, 1.54) is 0 Å². The molecule has 0 aliphatic rings. The Balaban J connectivity index is 0. The summed E-state index contributed by atoms with van der Waals surface area (Å²) in [6.45, 7) is 0. The zero-order chi connectivity index (χ0) is 0. The van der Waals surface area contributed by atoms with Crippen LogP contribution in [0.5, 0.6) is 0 Å². The van der Waals surface area contributed by atoms with Gasteiger partial charge in [-0.25, -0.2) is 0 Å². The van der Waals surface area contributed by atoms with Gasteiger partial charge >= 0.3 is 0 Å². The second-order valence-corrected chi connectivity index (χ2v) is 0. The fourth-order valence-corrected chi connectivity index (χ4v) is 0. The first-order valence-electron chi connectivity index (χ1n) is 0. The van der Waals surface area contributed by atoms with E-state index in [9.17, 15) is 0 Å². The molecular formula is H4MnSiTiZr. The zero-order valence-corrected chi connectivity index (χ0v) is 6.58. The van der Waals surface area contributed by atoms with Crippen LogP contribution in [0.4, 0.5) is 0 Å². The van der Waals surface area contributed by atoms with Crippen LogP contribution in [0.15, 0.2) is 0 Å². The molecule has 0 fully saturated rings. The van der Waals surface area contributed by atoms with Crippen molar-refractivity contribution in [3.8, 4) is 0 Å². The minimum atomic E-state index is 0. The van der Waals surface area contributed by atoms with Crippen molar-refractivity contribution in [2.45, 2.75) is 0 Å². The Hall–Kier alpha value is 2.33. The first kappa shape index (κ1) is 33.1. The molecule has 0 aromatic heterocycles. The van der Waals surface area contributed by atoms with Crippen molar-refractivity contribution in [2.75, 3.05) is 0 Å². The topological polar surface area (TPSA) is 0 Å².